The molecule has 0 bridgehead atoms. The second kappa shape index (κ2) is 16.7. The number of esters is 1. The Balaban J connectivity index is 1.73. The van der Waals surface area contributed by atoms with Gasteiger partial charge in [-0.3, -0.25) is 4.99 Å². The van der Waals surface area contributed by atoms with Gasteiger partial charge in [-0.05, 0) is 31.3 Å². The van der Waals surface area contributed by atoms with Gasteiger partial charge >= 0.3 is 11.9 Å². The fourth-order valence-electron chi connectivity index (χ4n) is 6.12. The van der Waals surface area contributed by atoms with Gasteiger partial charge in [0.1, 0.15) is 18.3 Å². The van der Waals surface area contributed by atoms with Gasteiger partial charge in [0.05, 0.1) is 42.2 Å². The topological polar surface area (TPSA) is 266 Å². The van der Waals surface area contributed by atoms with Gasteiger partial charge in [0, 0.05) is 32.3 Å². The molecule has 272 valence electrons. The Morgan fingerprint density at radius 3 is 2.51 bits per heavy atom. The average molecular weight is 695 g/mol. The van der Waals surface area contributed by atoms with E-state index in [1.807, 2.05) is 0 Å². The number of aliphatic imine (C=N–C) groups is 1. The van der Waals surface area contributed by atoms with Gasteiger partial charge in [-0.1, -0.05) is 24.6 Å². The van der Waals surface area contributed by atoms with Gasteiger partial charge in [0.2, 0.25) is 12.1 Å². The van der Waals surface area contributed by atoms with Gasteiger partial charge in [0.25, 0.3) is 0 Å². The molecule has 10 N–H and O–H groups in total. The van der Waals surface area contributed by atoms with Crippen molar-refractivity contribution < 1.29 is 64.3 Å². The first-order valence-corrected chi connectivity index (χ1v) is 16.0. The number of ether oxygens (including phenoxy) is 4. The van der Waals surface area contributed by atoms with E-state index in [1.54, 1.807) is 17.1 Å². The van der Waals surface area contributed by atoms with Crippen LogP contribution in [0.4, 0.5) is 0 Å². The van der Waals surface area contributed by atoms with Crippen molar-refractivity contribution in [2.24, 2.45) is 22.6 Å². The summed E-state index contributed by atoms with van der Waals surface area (Å²) in [6, 6.07) is 0. The van der Waals surface area contributed by atoms with Crippen LogP contribution in [0.3, 0.4) is 0 Å². The number of hydrogen-bond acceptors (Lipinski definition) is 14. The van der Waals surface area contributed by atoms with Crippen LogP contribution in [0, 0.1) is 11.8 Å². The summed E-state index contributed by atoms with van der Waals surface area (Å²) in [4.78, 5) is 31.4. The highest BCUT2D eigenvalue weighted by Gasteiger charge is 2.56. The van der Waals surface area contributed by atoms with Gasteiger partial charge < -0.3 is 70.6 Å². The first kappa shape index (κ1) is 38.0. The van der Waals surface area contributed by atoms with Crippen LogP contribution in [0.15, 0.2) is 64.7 Å². The van der Waals surface area contributed by atoms with Gasteiger partial charge in [0.15, 0.2) is 18.4 Å². The predicted octanol–water partition coefficient (Wildman–Crippen LogP) is -1.72. The number of carboxylic acid groups (broad SMARTS) is 1. The lowest BCUT2D eigenvalue weighted by Crippen LogP contribution is -2.68. The molecule has 0 aromatic carbocycles. The van der Waals surface area contributed by atoms with Crippen LogP contribution in [-0.2, 0) is 28.5 Å². The summed E-state index contributed by atoms with van der Waals surface area (Å²) in [5, 5.41) is 73.5. The average Bonchev–Trinajstić information content (AvgIpc) is 3.08. The summed E-state index contributed by atoms with van der Waals surface area (Å²) < 4.78 is 22.9. The molecular formula is C32H46N4O13. The number of hydrogen-bond donors (Lipinski definition) is 9. The number of nitrogens with zero attached hydrogens (tertiary/aromatic N) is 2. The summed E-state index contributed by atoms with van der Waals surface area (Å²) in [6.45, 7) is 3.02. The van der Waals surface area contributed by atoms with E-state index in [0.717, 1.165) is 25.5 Å². The molecule has 4 aliphatic rings. The maximum atomic E-state index is 13.6. The van der Waals surface area contributed by atoms with Crippen molar-refractivity contribution in [2.45, 2.75) is 74.9 Å². The standard InChI is InChI=1S/C32H46N4O13/c1-3-19-20(10-9-17-13-36(11-12-37)14-21(27(41)42)24(17)35-31(33)34-2)22(28(43)47-18-7-5-4-6-8-18)16-46-29(19)49-30-26(40)32(44,45)25(39)23(15-38)48-30/h3,9-10,14,16,18-20,23,25-26,29-30,37-40,44-45H,1,4-8,11-13,15H2,2H3,(H,41,42)(H3,33,34,35)/b10-9+/t19-,20+,23-,25-,26+,29+,30+/m1/s1. The van der Waals surface area contributed by atoms with Crippen molar-refractivity contribution in [3.8, 4) is 0 Å². The molecule has 4 rings (SSSR count). The molecule has 3 heterocycles. The second-order valence-electron chi connectivity index (χ2n) is 12.2. The molecule has 7 atom stereocenters. The van der Waals surface area contributed by atoms with Crippen molar-refractivity contribution in [3.63, 3.8) is 0 Å². The largest absolute Gasteiger partial charge is 0.478 e. The van der Waals surface area contributed by atoms with E-state index in [2.05, 4.69) is 16.9 Å². The smallest absolute Gasteiger partial charge is 0.339 e. The molecule has 0 spiro atoms. The van der Waals surface area contributed by atoms with Gasteiger partial charge in [-0.2, -0.15) is 0 Å². The maximum absolute atomic E-state index is 13.6. The number of carbonyl (C=O) groups is 2. The molecule has 0 aromatic heterocycles. The lowest BCUT2D eigenvalue weighted by molar-refractivity contribution is -0.404. The van der Waals surface area contributed by atoms with E-state index in [4.69, 9.17) is 24.7 Å². The highest BCUT2D eigenvalue weighted by molar-refractivity contribution is 5.95. The van der Waals surface area contributed by atoms with Crippen LogP contribution in [0.2, 0.25) is 0 Å². The normalized spacial score (nSPS) is 31.1. The molecule has 2 fully saturated rings. The lowest BCUT2D eigenvalue weighted by Gasteiger charge is -2.46. The summed E-state index contributed by atoms with van der Waals surface area (Å²) in [6.07, 6.45) is 2.01. The minimum absolute atomic E-state index is 0.0648. The molecule has 1 aliphatic carbocycles. The van der Waals surface area contributed by atoms with Crippen molar-refractivity contribution in [1.82, 2.24) is 10.2 Å². The minimum atomic E-state index is -3.12. The third kappa shape index (κ3) is 8.68. The molecular weight excluding hydrogens is 648 g/mol. The molecule has 0 aromatic rings. The molecule has 0 amide bonds. The molecule has 49 heavy (non-hydrogen) atoms. The van der Waals surface area contributed by atoms with Gasteiger partial charge in [-0.15, -0.1) is 6.58 Å². The Morgan fingerprint density at radius 1 is 1.18 bits per heavy atom. The molecule has 3 aliphatic heterocycles. The fourth-order valence-corrected chi connectivity index (χ4v) is 6.12. The zero-order valence-corrected chi connectivity index (χ0v) is 27.1. The SMILES string of the molecule is C=C[C@H]1[C@H](O[C@@H]2O[C@H](CO)[C@@H](O)C(O)(O)[C@H]2O)OC=C(C(=O)OC2CCCCC2)[C@H]1/C=C/C1=C(NC(N)=NC)C(C(=O)O)=CN(CCO)C1. The Morgan fingerprint density at radius 2 is 1.90 bits per heavy atom. The summed E-state index contributed by atoms with van der Waals surface area (Å²) in [5.74, 6) is -6.96. The Labute approximate surface area is 282 Å². The number of β-amino-alcohol motifs (C(OH)–C–C–N with tert-alkyl or cyclic N) is 1. The van der Waals surface area contributed by atoms with E-state index in [0.29, 0.717) is 18.4 Å². The number of aliphatic hydroxyl groups is 6. The van der Waals surface area contributed by atoms with Crippen LogP contribution < -0.4 is 11.1 Å². The van der Waals surface area contributed by atoms with Crippen molar-refractivity contribution >= 4 is 17.9 Å². The molecule has 17 nitrogen and oxygen atoms in total. The summed E-state index contributed by atoms with van der Waals surface area (Å²) >= 11 is 0. The Kier molecular flexibility index (Phi) is 13.0. The molecule has 0 unspecified atom stereocenters. The number of nitrogens with one attached hydrogen (secondary N) is 1. The number of carbonyl (C=O) groups excluding carboxylic acids is 1. The number of guanidine groups is 1. The first-order valence-electron chi connectivity index (χ1n) is 16.0. The number of allylic oxidation sites excluding steroid dienone is 1. The van der Waals surface area contributed by atoms with E-state index >= 15 is 0 Å². The van der Waals surface area contributed by atoms with E-state index in [-0.39, 0.29) is 48.6 Å². The highest BCUT2D eigenvalue weighted by Crippen LogP contribution is 2.38. The van der Waals surface area contributed by atoms with Crippen LogP contribution in [-0.4, -0.2) is 135 Å². The number of aliphatic carboxylic acids is 1. The van der Waals surface area contributed by atoms with E-state index in [9.17, 15) is 45.3 Å². The third-order valence-electron chi connectivity index (χ3n) is 8.88. The number of carboxylic acids is 1. The maximum Gasteiger partial charge on any atom is 0.339 e. The van der Waals surface area contributed by atoms with Crippen LogP contribution in [0.25, 0.3) is 0 Å². The van der Waals surface area contributed by atoms with Crippen molar-refractivity contribution in [3.05, 3.63) is 59.7 Å². The summed E-state index contributed by atoms with van der Waals surface area (Å²) in [5.41, 5.74) is 6.35. The van der Waals surface area contributed by atoms with Crippen LogP contribution in [0.1, 0.15) is 32.1 Å². The monoisotopic (exact) mass is 694 g/mol. The zero-order valence-electron chi connectivity index (χ0n) is 27.1. The lowest BCUT2D eigenvalue weighted by atomic mass is 9.83. The number of rotatable bonds is 12. The predicted molar refractivity (Wildman–Crippen MR) is 170 cm³/mol. The highest BCUT2D eigenvalue weighted by atomic mass is 16.8. The second-order valence-corrected chi connectivity index (χ2v) is 12.2. The summed E-state index contributed by atoms with van der Waals surface area (Å²) in [7, 11) is 1.42. The Bertz CT molecular complexity index is 1370. The Hall–Kier alpha value is -3.81. The van der Waals surface area contributed by atoms with Crippen LogP contribution in [0.5, 0.6) is 0 Å². The van der Waals surface area contributed by atoms with Crippen molar-refractivity contribution in [1.29, 1.82) is 0 Å². The molecule has 1 saturated heterocycles. The number of nitrogens with two attached hydrogens (primary N) is 1. The van der Waals surface area contributed by atoms with E-state index < -0.39 is 67.1 Å². The third-order valence-corrected chi connectivity index (χ3v) is 8.88. The zero-order chi connectivity index (χ0) is 35.9. The molecule has 17 heteroatoms. The molecule has 1 saturated carbocycles. The minimum Gasteiger partial charge on any atom is -0.478 e. The van der Waals surface area contributed by atoms with Gasteiger partial charge in [-0.25, -0.2) is 9.59 Å². The quantitative estimate of drug-likeness (QED) is 0.0361. The fraction of sp³-hybridized carbons (Fsp3) is 0.594. The van der Waals surface area contributed by atoms with Crippen LogP contribution >= 0.6 is 0 Å². The number of aliphatic hydroxyl groups excluding tert-OH is 4. The van der Waals surface area contributed by atoms with Crippen molar-refractivity contribution in [2.75, 3.05) is 33.4 Å². The van der Waals surface area contributed by atoms with E-state index in [1.165, 1.54) is 19.3 Å². The first-order chi connectivity index (χ1) is 23.4. The molecule has 0 radical (unpaired) electrons.